The standard InChI is InChI=1S/C14H22BNO3/c1-7-10-8-11(9-16(6)12(10)17)15-18-13(2,3)14(4,5)19-15/h8-9H,7H2,1-6H3. The summed E-state index contributed by atoms with van der Waals surface area (Å²) in [5.74, 6) is 0. The van der Waals surface area contributed by atoms with E-state index < -0.39 is 7.12 Å². The molecule has 19 heavy (non-hydrogen) atoms. The Labute approximate surface area is 114 Å². The average Bonchev–Trinajstić information content (AvgIpc) is 2.52. The molecule has 4 nitrogen and oxygen atoms in total. The van der Waals surface area contributed by atoms with Crippen LogP contribution in [0.2, 0.25) is 0 Å². The summed E-state index contributed by atoms with van der Waals surface area (Å²) < 4.78 is 13.6. The molecule has 2 heterocycles. The van der Waals surface area contributed by atoms with Gasteiger partial charge >= 0.3 is 7.12 Å². The minimum atomic E-state index is -0.415. The number of aromatic nitrogens is 1. The predicted octanol–water partition coefficient (Wildman–Crippen LogP) is 1.25. The van der Waals surface area contributed by atoms with Crippen molar-refractivity contribution in [3.05, 3.63) is 28.2 Å². The molecule has 0 N–H and O–H groups in total. The zero-order valence-electron chi connectivity index (χ0n) is 12.6. The van der Waals surface area contributed by atoms with E-state index in [4.69, 9.17) is 9.31 Å². The van der Waals surface area contributed by atoms with Crippen molar-refractivity contribution < 1.29 is 9.31 Å². The van der Waals surface area contributed by atoms with E-state index in [0.29, 0.717) is 6.42 Å². The lowest BCUT2D eigenvalue weighted by Crippen LogP contribution is -2.41. The fraction of sp³-hybridized carbons (Fsp3) is 0.643. The van der Waals surface area contributed by atoms with Crippen molar-refractivity contribution in [3.8, 4) is 0 Å². The number of nitrogens with zero attached hydrogens (tertiary/aromatic N) is 1. The summed E-state index contributed by atoms with van der Waals surface area (Å²) in [5, 5.41) is 0. The molecule has 0 aliphatic carbocycles. The maximum atomic E-state index is 11.9. The molecule has 2 rings (SSSR count). The fourth-order valence-electron chi connectivity index (χ4n) is 2.17. The third kappa shape index (κ3) is 2.37. The zero-order valence-corrected chi connectivity index (χ0v) is 12.6. The molecule has 1 aliphatic heterocycles. The lowest BCUT2D eigenvalue weighted by molar-refractivity contribution is 0.00578. The average molecular weight is 263 g/mol. The molecule has 0 unspecified atom stereocenters. The molecule has 1 aromatic rings. The Bertz CT molecular complexity index is 532. The molecule has 0 atom stereocenters. The quantitative estimate of drug-likeness (QED) is 0.754. The summed E-state index contributed by atoms with van der Waals surface area (Å²) >= 11 is 0. The van der Waals surface area contributed by atoms with Gasteiger partial charge in [0.1, 0.15) is 0 Å². The van der Waals surface area contributed by atoms with Gasteiger partial charge in [0.05, 0.1) is 11.2 Å². The Kier molecular flexibility index (Phi) is 3.39. The van der Waals surface area contributed by atoms with Crippen molar-refractivity contribution in [3.63, 3.8) is 0 Å². The molecule has 1 saturated heterocycles. The van der Waals surface area contributed by atoms with Crippen LogP contribution in [-0.4, -0.2) is 22.9 Å². The summed E-state index contributed by atoms with van der Waals surface area (Å²) in [6.07, 6.45) is 2.50. The number of rotatable bonds is 2. The molecular formula is C14H22BNO3. The molecule has 1 fully saturated rings. The second-order valence-corrected chi connectivity index (χ2v) is 6.16. The van der Waals surface area contributed by atoms with Crippen molar-refractivity contribution in [2.45, 2.75) is 52.2 Å². The van der Waals surface area contributed by atoms with Crippen LogP contribution in [0.15, 0.2) is 17.1 Å². The number of hydrogen-bond acceptors (Lipinski definition) is 3. The molecule has 104 valence electrons. The highest BCUT2D eigenvalue weighted by Crippen LogP contribution is 2.36. The number of hydrogen-bond donors (Lipinski definition) is 0. The largest absolute Gasteiger partial charge is 0.496 e. The minimum Gasteiger partial charge on any atom is -0.399 e. The molecule has 1 aromatic heterocycles. The zero-order chi connectivity index (χ0) is 14.4. The highest BCUT2D eigenvalue weighted by molar-refractivity contribution is 6.62. The first-order valence-electron chi connectivity index (χ1n) is 6.73. The van der Waals surface area contributed by atoms with Crippen LogP contribution in [0.4, 0.5) is 0 Å². The van der Waals surface area contributed by atoms with Crippen molar-refractivity contribution in [1.82, 2.24) is 4.57 Å². The second-order valence-electron chi connectivity index (χ2n) is 6.16. The van der Waals surface area contributed by atoms with E-state index in [1.165, 1.54) is 0 Å². The van der Waals surface area contributed by atoms with Crippen LogP contribution >= 0.6 is 0 Å². The molecule has 0 radical (unpaired) electrons. The first kappa shape index (κ1) is 14.3. The summed E-state index contributed by atoms with van der Waals surface area (Å²) in [7, 11) is 1.35. The van der Waals surface area contributed by atoms with E-state index in [-0.39, 0.29) is 16.8 Å². The molecular weight excluding hydrogens is 241 g/mol. The molecule has 1 aliphatic rings. The van der Waals surface area contributed by atoms with Crippen molar-refractivity contribution >= 4 is 12.6 Å². The van der Waals surface area contributed by atoms with Gasteiger partial charge in [0, 0.05) is 18.8 Å². The maximum Gasteiger partial charge on any atom is 0.496 e. The summed E-state index contributed by atoms with van der Waals surface area (Å²) in [6, 6.07) is 1.89. The van der Waals surface area contributed by atoms with Crippen molar-refractivity contribution in [1.29, 1.82) is 0 Å². The van der Waals surface area contributed by atoms with Crippen molar-refractivity contribution in [2.75, 3.05) is 0 Å². The van der Waals surface area contributed by atoms with E-state index in [9.17, 15) is 4.79 Å². The number of pyridine rings is 1. The smallest absolute Gasteiger partial charge is 0.399 e. The first-order chi connectivity index (χ1) is 8.68. The van der Waals surface area contributed by atoms with Gasteiger partial charge in [-0.1, -0.05) is 13.0 Å². The third-order valence-electron chi connectivity index (χ3n) is 4.18. The van der Waals surface area contributed by atoms with Gasteiger partial charge in [-0.3, -0.25) is 4.79 Å². The Morgan fingerprint density at radius 3 is 2.21 bits per heavy atom. The molecule has 0 spiro atoms. The minimum absolute atomic E-state index is 0.0442. The van der Waals surface area contributed by atoms with Crippen LogP contribution in [0.1, 0.15) is 40.2 Å². The topological polar surface area (TPSA) is 40.5 Å². The summed E-state index contributed by atoms with van der Waals surface area (Å²) in [6.45, 7) is 10.1. The SMILES string of the molecule is CCc1cc(B2OC(C)(C)C(C)(C)O2)cn(C)c1=O. The normalized spacial score (nSPS) is 20.8. The van der Waals surface area contributed by atoms with Gasteiger partial charge in [-0.2, -0.15) is 0 Å². The van der Waals surface area contributed by atoms with Gasteiger partial charge in [0.15, 0.2) is 0 Å². The molecule has 0 saturated carbocycles. The van der Waals surface area contributed by atoms with E-state index in [1.807, 2.05) is 40.7 Å². The lowest BCUT2D eigenvalue weighted by atomic mass is 9.79. The van der Waals surface area contributed by atoms with Gasteiger partial charge in [0.25, 0.3) is 5.56 Å². The lowest BCUT2D eigenvalue weighted by Gasteiger charge is -2.32. The van der Waals surface area contributed by atoms with Crippen LogP contribution in [-0.2, 0) is 22.8 Å². The van der Waals surface area contributed by atoms with Crippen LogP contribution < -0.4 is 11.0 Å². The van der Waals surface area contributed by atoms with Crippen LogP contribution in [0.5, 0.6) is 0 Å². The van der Waals surface area contributed by atoms with Crippen LogP contribution in [0.25, 0.3) is 0 Å². The van der Waals surface area contributed by atoms with Gasteiger partial charge in [-0.25, -0.2) is 0 Å². The first-order valence-corrected chi connectivity index (χ1v) is 6.73. The van der Waals surface area contributed by atoms with Crippen LogP contribution in [0.3, 0.4) is 0 Å². The Morgan fingerprint density at radius 1 is 1.21 bits per heavy atom. The van der Waals surface area contributed by atoms with Crippen LogP contribution in [0, 0.1) is 0 Å². The summed E-state index contributed by atoms with van der Waals surface area (Å²) in [5.41, 5.74) is 1.01. The van der Waals surface area contributed by atoms with E-state index in [0.717, 1.165) is 11.0 Å². The highest BCUT2D eigenvalue weighted by Gasteiger charge is 2.51. The Hall–Kier alpha value is -1.07. The van der Waals surface area contributed by atoms with Gasteiger partial charge in [0.2, 0.25) is 0 Å². The molecule has 0 amide bonds. The second kappa shape index (κ2) is 4.49. The van der Waals surface area contributed by atoms with Gasteiger partial charge in [-0.05, 0) is 39.6 Å². The van der Waals surface area contributed by atoms with E-state index >= 15 is 0 Å². The number of aryl methyl sites for hydroxylation is 2. The molecule has 0 aromatic carbocycles. The fourth-order valence-corrected chi connectivity index (χ4v) is 2.17. The van der Waals surface area contributed by atoms with Crippen molar-refractivity contribution in [2.24, 2.45) is 7.05 Å². The predicted molar refractivity (Wildman–Crippen MR) is 76.8 cm³/mol. The highest BCUT2D eigenvalue weighted by atomic mass is 16.7. The Balaban J connectivity index is 2.40. The van der Waals surface area contributed by atoms with E-state index in [1.54, 1.807) is 17.8 Å². The maximum absolute atomic E-state index is 11.9. The monoisotopic (exact) mass is 263 g/mol. The van der Waals surface area contributed by atoms with Gasteiger partial charge in [-0.15, -0.1) is 0 Å². The van der Waals surface area contributed by atoms with E-state index in [2.05, 4.69) is 0 Å². The summed E-state index contributed by atoms with van der Waals surface area (Å²) in [4.78, 5) is 11.9. The third-order valence-corrected chi connectivity index (χ3v) is 4.18. The Morgan fingerprint density at radius 2 is 1.74 bits per heavy atom. The molecule has 5 heteroatoms. The van der Waals surface area contributed by atoms with Gasteiger partial charge < -0.3 is 13.9 Å². The molecule has 0 bridgehead atoms.